The number of hydrogen-bond acceptors (Lipinski definition) is 2. The van der Waals surface area contributed by atoms with Crippen LogP contribution < -0.4 is 5.56 Å². The molecule has 2 nitrogen and oxygen atoms in total. The van der Waals surface area contributed by atoms with Crippen LogP contribution in [0.1, 0.15) is 25.3 Å². The fourth-order valence-corrected chi connectivity index (χ4v) is 1.61. The summed E-state index contributed by atoms with van der Waals surface area (Å²) >= 11 is 0. The molecule has 0 N–H and O–H groups in total. The molecule has 0 aliphatic carbocycles. The lowest BCUT2D eigenvalue weighted by Gasteiger charge is -1.98. The molecular formula is C13H13NO. The average Bonchev–Trinajstić information content (AvgIpc) is 2.39. The number of hydrogen-bond donors (Lipinski definition) is 0. The molecule has 0 fully saturated rings. The van der Waals surface area contributed by atoms with Crippen molar-refractivity contribution in [2.45, 2.75) is 19.8 Å². The van der Waals surface area contributed by atoms with Crippen molar-refractivity contribution in [3.05, 3.63) is 52.4 Å². The zero-order valence-electron chi connectivity index (χ0n) is 8.90. The zero-order chi connectivity index (χ0) is 10.8. The van der Waals surface area contributed by atoms with Crippen LogP contribution in [0.5, 0.6) is 0 Å². The fourth-order valence-electron chi connectivity index (χ4n) is 1.61. The first-order valence-corrected chi connectivity index (χ1v) is 5.07. The highest BCUT2D eigenvalue weighted by Crippen LogP contribution is 2.15. The molecule has 2 rings (SSSR count). The molecule has 0 amide bonds. The normalized spacial score (nSPS) is 10.9. The van der Waals surface area contributed by atoms with Gasteiger partial charge in [0.25, 0.3) is 5.56 Å². The first-order chi connectivity index (χ1) is 7.18. The van der Waals surface area contributed by atoms with Gasteiger partial charge in [0.1, 0.15) is 0 Å². The monoisotopic (exact) mass is 199 g/mol. The Balaban J connectivity index is 2.85. The molecule has 1 aromatic heterocycles. The first-order valence-electron chi connectivity index (χ1n) is 5.07. The van der Waals surface area contributed by atoms with Crippen molar-refractivity contribution in [2.75, 3.05) is 0 Å². The Morgan fingerprint density at radius 3 is 2.47 bits per heavy atom. The van der Waals surface area contributed by atoms with E-state index >= 15 is 0 Å². The molecule has 0 unspecified atom stereocenters. The smallest absolute Gasteiger partial charge is 0.267 e. The quantitative estimate of drug-likeness (QED) is 0.706. The molecule has 0 saturated heterocycles. The average molecular weight is 199 g/mol. The molecular weight excluding hydrogens is 186 g/mol. The Kier molecular flexibility index (Phi) is 2.50. The molecule has 0 spiro atoms. The summed E-state index contributed by atoms with van der Waals surface area (Å²) in [5.74, 6) is 0.209. The summed E-state index contributed by atoms with van der Waals surface area (Å²) in [6.45, 7) is 4.01. The van der Waals surface area contributed by atoms with Crippen molar-refractivity contribution < 1.29 is 0 Å². The second-order valence-corrected chi connectivity index (χ2v) is 3.95. The van der Waals surface area contributed by atoms with Gasteiger partial charge in [-0.2, -0.15) is 0 Å². The second-order valence-electron chi connectivity index (χ2n) is 3.95. The van der Waals surface area contributed by atoms with Gasteiger partial charge in [-0.1, -0.05) is 38.1 Å². The minimum absolute atomic E-state index is 0.124. The van der Waals surface area contributed by atoms with Gasteiger partial charge in [0.15, 0.2) is 0 Å². The van der Waals surface area contributed by atoms with Gasteiger partial charge in [-0.25, -0.2) is 4.98 Å². The van der Waals surface area contributed by atoms with Crippen LogP contribution in [0.2, 0.25) is 0 Å². The fraction of sp³-hybridized carbons (Fsp3) is 0.231. The van der Waals surface area contributed by atoms with Crippen molar-refractivity contribution in [3.8, 4) is 0 Å². The van der Waals surface area contributed by atoms with E-state index in [2.05, 4.69) is 4.98 Å². The van der Waals surface area contributed by atoms with E-state index in [-0.39, 0.29) is 11.5 Å². The summed E-state index contributed by atoms with van der Waals surface area (Å²) in [6, 6.07) is 9.82. The Hall–Kier alpha value is -1.70. The van der Waals surface area contributed by atoms with E-state index in [9.17, 15) is 4.79 Å². The standard InChI is InChI=1S/C13H13NO/c1-9(2)12-7-10-5-3-4-6-11(10)8-14-13(12)15/h3-9H,1-2H3. The maximum atomic E-state index is 11.7. The topological polar surface area (TPSA) is 30.0 Å². The highest BCUT2D eigenvalue weighted by molar-refractivity contribution is 5.81. The minimum Gasteiger partial charge on any atom is -0.267 e. The van der Waals surface area contributed by atoms with Crippen LogP contribution >= 0.6 is 0 Å². The Morgan fingerprint density at radius 1 is 1.13 bits per heavy atom. The van der Waals surface area contributed by atoms with Gasteiger partial charge in [-0.3, -0.25) is 4.79 Å². The van der Waals surface area contributed by atoms with Gasteiger partial charge in [0, 0.05) is 17.1 Å². The van der Waals surface area contributed by atoms with Gasteiger partial charge in [-0.05, 0) is 17.4 Å². The molecule has 2 heteroatoms. The summed E-state index contributed by atoms with van der Waals surface area (Å²) in [5.41, 5.74) is 0.650. The van der Waals surface area contributed by atoms with Crippen molar-refractivity contribution in [1.82, 2.24) is 4.98 Å². The van der Waals surface area contributed by atoms with Crippen molar-refractivity contribution >= 4 is 10.8 Å². The SMILES string of the molecule is CC(C)c1cc2ccccc2cnc1=O. The van der Waals surface area contributed by atoms with Crippen molar-refractivity contribution in [2.24, 2.45) is 0 Å². The van der Waals surface area contributed by atoms with Gasteiger partial charge >= 0.3 is 0 Å². The molecule has 2 aromatic rings. The van der Waals surface area contributed by atoms with Crippen molar-refractivity contribution in [3.63, 3.8) is 0 Å². The largest absolute Gasteiger partial charge is 0.273 e. The maximum Gasteiger partial charge on any atom is 0.273 e. The molecule has 76 valence electrons. The third-order valence-corrected chi connectivity index (χ3v) is 2.50. The molecule has 0 atom stereocenters. The third-order valence-electron chi connectivity index (χ3n) is 2.50. The summed E-state index contributed by atoms with van der Waals surface area (Å²) in [5, 5.41) is 2.07. The van der Waals surface area contributed by atoms with E-state index in [1.165, 1.54) is 0 Å². The number of fused-ring (bicyclic) bond motifs is 1. The van der Waals surface area contributed by atoms with Gasteiger partial charge in [0.2, 0.25) is 0 Å². The molecule has 0 aliphatic heterocycles. The molecule has 0 bridgehead atoms. The highest BCUT2D eigenvalue weighted by atomic mass is 16.1. The Morgan fingerprint density at radius 2 is 1.80 bits per heavy atom. The summed E-state index contributed by atoms with van der Waals surface area (Å²) in [6.07, 6.45) is 1.64. The highest BCUT2D eigenvalue weighted by Gasteiger charge is 2.04. The van der Waals surface area contributed by atoms with E-state index in [1.807, 2.05) is 44.2 Å². The lowest BCUT2D eigenvalue weighted by atomic mass is 10.0. The van der Waals surface area contributed by atoms with Crippen LogP contribution in [0.25, 0.3) is 10.8 Å². The summed E-state index contributed by atoms with van der Waals surface area (Å²) < 4.78 is 0. The summed E-state index contributed by atoms with van der Waals surface area (Å²) in [4.78, 5) is 15.6. The van der Waals surface area contributed by atoms with E-state index in [0.717, 1.165) is 16.3 Å². The Bertz CT molecular complexity index is 546. The molecule has 15 heavy (non-hydrogen) atoms. The lowest BCUT2D eigenvalue weighted by molar-refractivity contribution is 0.850. The van der Waals surface area contributed by atoms with Crippen LogP contribution in [0, 0.1) is 0 Å². The van der Waals surface area contributed by atoms with Gasteiger partial charge < -0.3 is 0 Å². The summed E-state index contributed by atoms with van der Waals surface area (Å²) in [7, 11) is 0. The molecule has 1 aromatic carbocycles. The predicted octanol–water partition coefficient (Wildman–Crippen LogP) is 2.72. The lowest BCUT2D eigenvalue weighted by Crippen LogP contribution is -2.09. The van der Waals surface area contributed by atoms with E-state index in [1.54, 1.807) is 6.20 Å². The van der Waals surface area contributed by atoms with Gasteiger partial charge in [0.05, 0.1) is 0 Å². The molecule has 0 radical (unpaired) electrons. The first kappa shape index (κ1) is 9.84. The second kappa shape index (κ2) is 3.81. The molecule has 1 heterocycles. The van der Waals surface area contributed by atoms with Crippen LogP contribution in [-0.4, -0.2) is 4.98 Å². The van der Waals surface area contributed by atoms with Crippen LogP contribution in [0.4, 0.5) is 0 Å². The Labute approximate surface area is 88.6 Å². The molecule has 0 aliphatic rings. The van der Waals surface area contributed by atoms with Crippen molar-refractivity contribution in [1.29, 1.82) is 0 Å². The number of nitrogens with zero attached hydrogens (tertiary/aromatic N) is 1. The van der Waals surface area contributed by atoms with Crippen LogP contribution in [0.15, 0.2) is 41.3 Å². The molecule has 0 saturated carbocycles. The number of benzene rings is 1. The van der Waals surface area contributed by atoms with Gasteiger partial charge in [-0.15, -0.1) is 0 Å². The zero-order valence-corrected chi connectivity index (χ0v) is 8.90. The minimum atomic E-state index is -0.124. The van der Waals surface area contributed by atoms with Crippen LogP contribution in [0.3, 0.4) is 0 Å². The number of aromatic nitrogens is 1. The van der Waals surface area contributed by atoms with E-state index in [0.29, 0.717) is 0 Å². The van der Waals surface area contributed by atoms with Crippen LogP contribution in [-0.2, 0) is 0 Å². The maximum absolute atomic E-state index is 11.7. The van der Waals surface area contributed by atoms with E-state index in [4.69, 9.17) is 0 Å². The third kappa shape index (κ3) is 1.89. The van der Waals surface area contributed by atoms with E-state index < -0.39 is 0 Å². The number of rotatable bonds is 1. The predicted molar refractivity (Wildman–Crippen MR) is 62.1 cm³/mol.